The molecule has 0 unspecified atom stereocenters. The molecule has 2 aliphatic rings. The second-order valence-corrected chi connectivity index (χ2v) is 10.4. The highest BCUT2D eigenvalue weighted by Crippen LogP contribution is 2.40. The van der Waals surface area contributed by atoms with E-state index in [0.29, 0.717) is 30.1 Å². The molecule has 1 aliphatic heterocycles. The Morgan fingerprint density at radius 1 is 0.791 bits per heavy atom. The van der Waals surface area contributed by atoms with E-state index in [1.807, 2.05) is 13.0 Å². The number of dihydropyridines is 1. The van der Waals surface area contributed by atoms with Crippen molar-refractivity contribution in [1.82, 2.24) is 10.3 Å². The summed E-state index contributed by atoms with van der Waals surface area (Å²) in [4.78, 5) is 3.64. The molecular weight excluding hydrogens is 583 g/mol. The van der Waals surface area contributed by atoms with Crippen molar-refractivity contribution in [3.8, 4) is 0 Å². The van der Waals surface area contributed by atoms with Gasteiger partial charge < -0.3 is 5.32 Å². The molecule has 230 valence electrons. The normalized spacial score (nSPS) is 18.9. The number of pyridine rings is 1. The number of alkyl halides is 9. The molecular formula is C32H29F9N2. The van der Waals surface area contributed by atoms with Gasteiger partial charge in [0.1, 0.15) is 11.4 Å². The van der Waals surface area contributed by atoms with Crippen molar-refractivity contribution < 1.29 is 39.5 Å². The lowest BCUT2D eigenvalue weighted by atomic mass is 9.90. The Morgan fingerprint density at radius 3 is 2.05 bits per heavy atom. The van der Waals surface area contributed by atoms with Crippen molar-refractivity contribution in [2.24, 2.45) is 0 Å². The molecule has 4 rings (SSSR count). The minimum atomic E-state index is -5.10. The molecule has 2 aromatic rings. The average Bonchev–Trinajstić information content (AvgIpc) is 2.92. The quantitative estimate of drug-likeness (QED) is 0.343. The fourth-order valence-electron chi connectivity index (χ4n) is 5.10. The zero-order chi connectivity index (χ0) is 31.7. The van der Waals surface area contributed by atoms with Crippen LogP contribution in [0.15, 0.2) is 71.5 Å². The van der Waals surface area contributed by atoms with Crippen LogP contribution in [0.25, 0.3) is 16.8 Å². The van der Waals surface area contributed by atoms with Crippen LogP contribution in [0.2, 0.25) is 0 Å². The minimum Gasteiger partial charge on any atom is -0.350 e. The maximum absolute atomic E-state index is 14.7. The van der Waals surface area contributed by atoms with E-state index >= 15 is 0 Å². The summed E-state index contributed by atoms with van der Waals surface area (Å²) in [6.45, 7) is 5.31. The van der Waals surface area contributed by atoms with E-state index in [4.69, 9.17) is 0 Å². The molecule has 0 saturated heterocycles. The van der Waals surface area contributed by atoms with E-state index in [1.54, 1.807) is 26.0 Å². The lowest BCUT2D eigenvalue weighted by molar-refractivity contribution is -0.141. The molecule has 0 spiro atoms. The lowest BCUT2D eigenvalue weighted by Crippen LogP contribution is -2.39. The molecule has 1 aromatic carbocycles. The average molecular weight is 613 g/mol. The summed E-state index contributed by atoms with van der Waals surface area (Å²) in [5.41, 5.74) is -3.09. The zero-order valence-electron chi connectivity index (χ0n) is 23.6. The Balaban J connectivity index is 2.12. The highest BCUT2D eigenvalue weighted by Gasteiger charge is 2.41. The first-order valence-electron chi connectivity index (χ1n) is 13.7. The van der Waals surface area contributed by atoms with Gasteiger partial charge in [-0.3, -0.25) is 0 Å². The van der Waals surface area contributed by atoms with Gasteiger partial charge in [-0.25, -0.2) is 4.98 Å². The van der Waals surface area contributed by atoms with Crippen LogP contribution in [0.3, 0.4) is 0 Å². The molecule has 1 aliphatic carbocycles. The van der Waals surface area contributed by atoms with Crippen molar-refractivity contribution in [1.29, 1.82) is 0 Å². The van der Waals surface area contributed by atoms with Gasteiger partial charge >= 0.3 is 18.5 Å². The molecule has 1 N–H and O–H groups in total. The highest BCUT2D eigenvalue weighted by molar-refractivity contribution is 5.86. The van der Waals surface area contributed by atoms with Crippen molar-refractivity contribution >= 4 is 16.8 Å². The molecule has 1 aromatic heterocycles. The van der Waals surface area contributed by atoms with Crippen LogP contribution < -0.4 is 15.8 Å². The van der Waals surface area contributed by atoms with E-state index in [1.165, 1.54) is 6.07 Å². The molecule has 0 fully saturated rings. The van der Waals surface area contributed by atoms with Crippen LogP contribution in [0.1, 0.15) is 69.0 Å². The summed E-state index contributed by atoms with van der Waals surface area (Å²) in [5.74, 6) is 0. The van der Waals surface area contributed by atoms with Crippen LogP contribution in [0, 0.1) is 0 Å². The molecule has 11 heteroatoms. The van der Waals surface area contributed by atoms with Gasteiger partial charge in [-0.15, -0.1) is 0 Å². The minimum absolute atomic E-state index is 0.0892. The number of nitrogens with zero attached hydrogens (tertiary/aromatic N) is 1. The van der Waals surface area contributed by atoms with E-state index in [0.717, 1.165) is 35.9 Å². The van der Waals surface area contributed by atoms with Gasteiger partial charge in [0.15, 0.2) is 0 Å². The van der Waals surface area contributed by atoms with Gasteiger partial charge in [-0.2, -0.15) is 39.5 Å². The molecule has 2 nitrogen and oxygen atoms in total. The van der Waals surface area contributed by atoms with E-state index in [9.17, 15) is 39.5 Å². The Bertz CT molecular complexity index is 1650. The molecule has 0 saturated carbocycles. The second-order valence-electron chi connectivity index (χ2n) is 10.4. The fraction of sp³-hybridized carbons (Fsp3) is 0.344. The van der Waals surface area contributed by atoms with Gasteiger partial charge in [0.25, 0.3) is 0 Å². The zero-order valence-corrected chi connectivity index (χ0v) is 23.6. The Hall–Kier alpha value is -3.76. The van der Waals surface area contributed by atoms with Gasteiger partial charge in [-0.1, -0.05) is 62.6 Å². The number of halogens is 9. The first kappa shape index (κ1) is 32.2. The number of nitrogens with one attached hydrogen (secondary N) is 1. The second kappa shape index (κ2) is 12.1. The summed E-state index contributed by atoms with van der Waals surface area (Å²) < 4.78 is 126. The Kier molecular flexibility index (Phi) is 9.04. The van der Waals surface area contributed by atoms with Crippen molar-refractivity contribution in [2.45, 2.75) is 71.4 Å². The summed E-state index contributed by atoms with van der Waals surface area (Å²) in [5, 5.41) is 2.57. The lowest BCUT2D eigenvalue weighted by Gasteiger charge is -2.28. The Labute approximate surface area is 242 Å². The van der Waals surface area contributed by atoms with Gasteiger partial charge in [0.05, 0.1) is 11.3 Å². The number of hydrogen-bond acceptors (Lipinski definition) is 2. The van der Waals surface area contributed by atoms with E-state index in [2.05, 4.69) is 10.3 Å². The predicted molar refractivity (Wildman–Crippen MR) is 147 cm³/mol. The number of benzene rings is 1. The molecule has 43 heavy (non-hydrogen) atoms. The molecule has 0 atom stereocenters. The molecule has 0 amide bonds. The molecule has 0 bridgehead atoms. The van der Waals surface area contributed by atoms with Crippen LogP contribution in [0.4, 0.5) is 39.5 Å². The smallest absolute Gasteiger partial charge is 0.350 e. The molecule has 0 radical (unpaired) electrons. The summed E-state index contributed by atoms with van der Waals surface area (Å²) in [7, 11) is 0. The van der Waals surface area contributed by atoms with Crippen molar-refractivity contribution in [2.75, 3.05) is 0 Å². The number of rotatable bonds is 5. The van der Waals surface area contributed by atoms with Crippen molar-refractivity contribution in [3.05, 3.63) is 104 Å². The van der Waals surface area contributed by atoms with Gasteiger partial charge in [0, 0.05) is 16.5 Å². The SMILES string of the molecule is CCCC1=CC(c2nc(C(F)(F)F)ccc2CCC)=C(C(F)(F)F)NC1=c1cc(C(F)(F)F)ccc1=C1C=CC(C)=CC1. The number of hydrogen-bond donors (Lipinski definition) is 1. The number of allylic oxidation sites excluding steroid dienone is 7. The highest BCUT2D eigenvalue weighted by atomic mass is 19.4. The summed E-state index contributed by atoms with van der Waals surface area (Å²) >= 11 is 0. The van der Waals surface area contributed by atoms with Crippen molar-refractivity contribution in [3.63, 3.8) is 0 Å². The third kappa shape index (κ3) is 7.08. The Morgan fingerprint density at radius 2 is 1.49 bits per heavy atom. The topological polar surface area (TPSA) is 24.9 Å². The van der Waals surface area contributed by atoms with Crippen LogP contribution in [0.5, 0.6) is 0 Å². The molecule has 2 heterocycles. The third-order valence-corrected chi connectivity index (χ3v) is 7.16. The van der Waals surface area contributed by atoms with Crippen LogP contribution >= 0.6 is 0 Å². The van der Waals surface area contributed by atoms with Crippen LogP contribution in [-0.2, 0) is 18.8 Å². The maximum atomic E-state index is 14.7. The summed E-state index contributed by atoms with van der Waals surface area (Å²) in [6, 6.07) is 4.79. The van der Waals surface area contributed by atoms with Crippen LogP contribution in [-0.4, -0.2) is 11.2 Å². The van der Waals surface area contributed by atoms with E-state index in [-0.39, 0.29) is 34.9 Å². The van der Waals surface area contributed by atoms with E-state index < -0.39 is 46.8 Å². The van der Waals surface area contributed by atoms with Gasteiger partial charge in [0.2, 0.25) is 0 Å². The largest absolute Gasteiger partial charge is 0.433 e. The monoisotopic (exact) mass is 612 g/mol. The first-order chi connectivity index (χ1) is 20.0. The standard InChI is InChI=1S/C32H29F9N2/c1-4-6-20-12-15-26(31(36,37)38)42-27(20)25-16-21(7-5-2)28(43-29(25)32(39,40)41)24-17-22(30(33,34)35)13-14-23(24)19-10-8-18(3)9-11-19/h8-10,12-17,43H,4-7,11H2,1-3H3. The third-order valence-electron chi connectivity index (χ3n) is 7.16. The number of aromatic nitrogens is 1. The fourth-order valence-corrected chi connectivity index (χ4v) is 5.10. The summed E-state index contributed by atoms with van der Waals surface area (Å²) in [6.07, 6.45) is -6.85. The predicted octanol–water partition coefficient (Wildman–Crippen LogP) is 8.54. The first-order valence-corrected chi connectivity index (χ1v) is 13.7. The van der Waals surface area contributed by atoms with Gasteiger partial charge in [-0.05, 0) is 72.4 Å². The maximum Gasteiger partial charge on any atom is 0.433 e. The number of aryl methyl sites for hydroxylation is 1.